The number of morpholine rings is 1. The van der Waals surface area contributed by atoms with E-state index in [0.717, 1.165) is 3.57 Å². The molecule has 0 saturated carbocycles. The molecule has 1 atom stereocenters. The van der Waals surface area contributed by atoms with Crippen LogP contribution < -0.4 is 0 Å². The third kappa shape index (κ3) is 4.31. The van der Waals surface area contributed by atoms with Crippen molar-refractivity contribution in [1.29, 1.82) is 0 Å². The molecule has 5 nitrogen and oxygen atoms in total. The lowest BCUT2D eigenvalue weighted by molar-refractivity contribution is -0.145. The molecule has 1 fully saturated rings. The second-order valence-corrected chi connectivity index (χ2v) is 6.25. The van der Waals surface area contributed by atoms with Gasteiger partial charge in [0.1, 0.15) is 0 Å². The second kappa shape index (κ2) is 7.42. The molecule has 0 aliphatic carbocycles. The van der Waals surface area contributed by atoms with Gasteiger partial charge in [-0.2, -0.15) is 0 Å². The normalized spacial score (nSPS) is 18.4. The molecule has 1 unspecified atom stereocenters. The van der Waals surface area contributed by atoms with Crippen LogP contribution in [0.1, 0.15) is 16.8 Å². The third-order valence-corrected chi connectivity index (χ3v) is 4.38. The highest BCUT2D eigenvalue weighted by Crippen LogP contribution is 2.21. The number of halogens is 2. The zero-order valence-electron chi connectivity index (χ0n) is 11.5. The van der Waals surface area contributed by atoms with Crippen LogP contribution in [0.2, 0.25) is 5.02 Å². The standard InChI is InChI=1S/C14H15ClINO4/c1-20-13(18)7-10-8-17(4-5-21-10)14(19)11-6-9(15)2-3-12(11)16/h2-3,6,10H,4-5,7-8H2,1H3. The zero-order chi connectivity index (χ0) is 15.4. The van der Waals surface area contributed by atoms with Gasteiger partial charge in [-0.05, 0) is 40.8 Å². The molecule has 1 aromatic rings. The van der Waals surface area contributed by atoms with Crippen molar-refractivity contribution < 1.29 is 19.1 Å². The van der Waals surface area contributed by atoms with Crippen LogP contribution in [0.3, 0.4) is 0 Å². The number of ether oxygens (including phenoxy) is 2. The summed E-state index contributed by atoms with van der Waals surface area (Å²) in [6.07, 6.45) is -0.181. The molecule has 0 spiro atoms. The van der Waals surface area contributed by atoms with E-state index in [2.05, 4.69) is 27.3 Å². The van der Waals surface area contributed by atoms with Crippen molar-refractivity contribution in [3.8, 4) is 0 Å². The minimum atomic E-state index is -0.341. The molecule has 1 aliphatic rings. The van der Waals surface area contributed by atoms with E-state index in [1.807, 2.05) is 6.07 Å². The van der Waals surface area contributed by atoms with E-state index in [0.29, 0.717) is 30.3 Å². The lowest BCUT2D eigenvalue weighted by atomic mass is 10.1. The molecule has 1 heterocycles. The molecule has 0 aromatic heterocycles. The first kappa shape index (κ1) is 16.5. The summed E-state index contributed by atoms with van der Waals surface area (Å²) in [4.78, 5) is 25.6. The van der Waals surface area contributed by atoms with Crippen molar-refractivity contribution >= 4 is 46.1 Å². The fourth-order valence-electron chi connectivity index (χ4n) is 2.13. The van der Waals surface area contributed by atoms with Crippen LogP contribution in [0.25, 0.3) is 0 Å². The van der Waals surface area contributed by atoms with Gasteiger partial charge in [0, 0.05) is 21.7 Å². The van der Waals surface area contributed by atoms with Crippen molar-refractivity contribution in [3.05, 3.63) is 32.4 Å². The van der Waals surface area contributed by atoms with Crippen molar-refractivity contribution in [1.82, 2.24) is 4.90 Å². The first-order valence-electron chi connectivity index (χ1n) is 6.44. The molecule has 2 rings (SSSR count). The predicted molar refractivity (Wildman–Crippen MR) is 86.4 cm³/mol. The Morgan fingerprint density at radius 3 is 3.00 bits per heavy atom. The number of carbonyl (C=O) groups is 2. The molecule has 1 aliphatic heterocycles. The number of amides is 1. The van der Waals surface area contributed by atoms with Gasteiger partial charge in [0.25, 0.3) is 5.91 Å². The van der Waals surface area contributed by atoms with Gasteiger partial charge in [-0.3, -0.25) is 9.59 Å². The van der Waals surface area contributed by atoms with E-state index < -0.39 is 0 Å². The highest BCUT2D eigenvalue weighted by atomic mass is 127. The summed E-state index contributed by atoms with van der Waals surface area (Å²) in [5.41, 5.74) is 0.571. The molecule has 21 heavy (non-hydrogen) atoms. The van der Waals surface area contributed by atoms with Crippen molar-refractivity contribution in [3.63, 3.8) is 0 Å². The van der Waals surface area contributed by atoms with Crippen LogP contribution in [0, 0.1) is 3.57 Å². The number of hydrogen-bond donors (Lipinski definition) is 0. The lowest BCUT2D eigenvalue weighted by Crippen LogP contribution is -2.46. The summed E-state index contributed by atoms with van der Waals surface area (Å²) >= 11 is 8.06. The number of esters is 1. The summed E-state index contributed by atoms with van der Waals surface area (Å²) in [6, 6.07) is 5.22. The average Bonchev–Trinajstić information content (AvgIpc) is 2.49. The number of carbonyl (C=O) groups excluding carboxylic acids is 2. The van der Waals surface area contributed by atoms with Crippen LogP contribution in [0.5, 0.6) is 0 Å². The van der Waals surface area contributed by atoms with Gasteiger partial charge < -0.3 is 14.4 Å². The Balaban J connectivity index is 2.08. The zero-order valence-corrected chi connectivity index (χ0v) is 14.4. The lowest BCUT2D eigenvalue weighted by Gasteiger charge is -2.32. The third-order valence-electron chi connectivity index (χ3n) is 3.21. The minimum absolute atomic E-state index is 0.0972. The molecule has 114 valence electrons. The molecular formula is C14H15ClINO4. The monoisotopic (exact) mass is 423 g/mol. The average molecular weight is 424 g/mol. The smallest absolute Gasteiger partial charge is 0.308 e. The summed E-state index contributed by atoms with van der Waals surface area (Å²) in [5.74, 6) is -0.438. The summed E-state index contributed by atoms with van der Waals surface area (Å²) in [6.45, 7) is 1.28. The highest BCUT2D eigenvalue weighted by molar-refractivity contribution is 14.1. The molecular weight excluding hydrogens is 409 g/mol. The van der Waals surface area contributed by atoms with E-state index in [1.54, 1.807) is 17.0 Å². The topological polar surface area (TPSA) is 55.8 Å². The minimum Gasteiger partial charge on any atom is -0.469 e. The van der Waals surface area contributed by atoms with Crippen LogP contribution in [-0.2, 0) is 14.3 Å². The highest BCUT2D eigenvalue weighted by Gasteiger charge is 2.27. The van der Waals surface area contributed by atoms with Gasteiger partial charge in [0.05, 0.1) is 31.8 Å². The van der Waals surface area contributed by atoms with Crippen molar-refractivity contribution in [2.45, 2.75) is 12.5 Å². The maximum absolute atomic E-state index is 12.6. The Kier molecular flexibility index (Phi) is 5.83. The van der Waals surface area contributed by atoms with Crippen molar-refractivity contribution in [2.24, 2.45) is 0 Å². The SMILES string of the molecule is COC(=O)CC1CN(C(=O)c2cc(Cl)ccc2I)CCO1. The quantitative estimate of drug-likeness (QED) is 0.553. The molecule has 7 heteroatoms. The first-order chi connectivity index (χ1) is 10.0. The molecule has 0 bridgehead atoms. The van der Waals surface area contributed by atoms with Gasteiger partial charge in [-0.1, -0.05) is 11.6 Å². The Morgan fingerprint density at radius 1 is 1.52 bits per heavy atom. The van der Waals surface area contributed by atoms with E-state index in [9.17, 15) is 9.59 Å². The molecule has 0 radical (unpaired) electrons. The summed E-state index contributed by atoms with van der Waals surface area (Å²) in [5, 5.41) is 0.526. The maximum atomic E-state index is 12.6. The molecule has 1 aromatic carbocycles. The first-order valence-corrected chi connectivity index (χ1v) is 7.89. The van der Waals surface area contributed by atoms with Crippen LogP contribution in [-0.4, -0.2) is 49.7 Å². The fourth-order valence-corrected chi connectivity index (χ4v) is 2.87. The van der Waals surface area contributed by atoms with Crippen LogP contribution in [0.15, 0.2) is 18.2 Å². The second-order valence-electron chi connectivity index (χ2n) is 4.65. The van der Waals surface area contributed by atoms with Gasteiger partial charge in [0.15, 0.2) is 0 Å². The number of benzene rings is 1. The number of rotatable bonds is 3. The summed E-state index contributed by atoms with van der Waals surface area (Å²) in [7, 11) is 1.34. The van der Waals surface area contributed by atoms with Gasteiger partial charge in [-0.15, -0.1) is 0 Å². The van der Waals surface area contributed by atoms with Gasteiger partial charge >= 0.3 is 5.97 Å². The Morgan fingerprint density at radius 2 is 2.29 bits per heavy atom. The Labute approximate surface area is 141 Å². The number of hydrogen-bond acceptors (Lipinski definition) is 4. The number of methoxy groups -OCH3 is 1. The van der Waals surface area contributed by atoms with Crippen molar-refractivity contribution in [2.75, 3.05) is 26.8 Å². The maximum Gasteiger partial charge on any atom is 0.308 e. The molecule has 1 amide bonds. The van der Waals surface area contributed by atoms with Gasteiger partial charge in [0.2, 0.25) is 0 Å². The Bertz CT molecular complexity index is 552. The summed E-state index contributed by atoms with van der Waals surface area (Å²) < 4.78 is 11.0. The van der Waals surface area contributed by atoms with Gasteiger partial charge in [-0.25, -0.2) is 0 Å². The van der Waals surface area contributed by atoms with Crippen LogP contribution >= 0.6 is 34.2 Å². The number of nitrogens with zero attached hydrogens (tertiary/aromatic N) is 1. The van der Waals surface area contributed by atoms with E-state index >= 15 is 0 Å². The van der Waals surface area contributed by atoms with E-state index in [-0.39, 0.29) is 24.4 Å². The molecule has 1 saturated heterocycles. The van der Waals surface area contributed by atoms with Crippen LogP contribution in [0.4, 0.5) is 0 Å². The molecule has 0 N–H and O–H groups in total. The predicted octanol–water partition coefficient (Wildman–Crippen LogP) is 2.35. The largest absolute Gasteiger partial charge is 0.469 e. The Hall–Kier alpha value is -0.860. The fraction of sp³-hybridized carbons (Fsp3) is 0.429. The van der Waals surface area contributed by atoms with E-state index in [1.165, 1.54) is 7.11 Å². The van der Waals surface area contributed by atoms with E-state index in [4.69, 9.17) is 16.3 Å².